The third kappa shape index (κ3) is 3.49. The highest BCUT2D eigenvalue weighted by molar-refractivity contribution is 7.89. The summed E-state index contributed by atoms with van der Waals surface area (Å²) in [5.74, 6) is 0.0244. The molecule has 2 aromatic rings. The Balaban J connectivity index is 2.04. The van der Waals surface area contributed by atoms with Crippen LogP contribution in [0.4, 0.5) is 0 Å². The number of rotatable bonds is 4. The number of piperazine rings is 1. The van der Waals surface area contributed by atoms with Crippen LogP contribution in [0.1, 0.15) is 36.9 Å². The van der Waals surface area contributed by atoms with Gasteiger partial charge in [-0.25, -0.2) is 8.42 Å². The van der Waals surface area contributed by atoms with E-state index in [-0.39, 0.29) is 28.9 Å². The van der Waals surface area contributed by atoms with Crippen LogP contribution in [0.15, 0.2) is 53.4 Å². The minimum absolute atomic E-state index is 0.0140. The fourth-order valence-electron chi connectivity index (χ4n) is 3.07. The standard InChI is InChI=1S/C19H21ClN2O3S/c1-13(2)14-7-9-15(10-8-14)18-19(23)21-11-12-22(18)26(24,25)17-6-4-3-5-16(17)20/h3-10,13,18H,11-12H2,1-2H3,(H,21,23). The average Bonchev–Trinajstić information content (AvgIpc) is 2.62. The largest absolute Gasteiger partial charge is 0.353 e. The Bertz CT molecular complexity index is 911. The Morgan fingerprint density at radius 2 is 1.77 bits per heavy atom. The zero-order valence-electron chi connectivity index (χ0n) is 14.6. The van der Waals surface area contributed by atoms with E-state index in [2.05, 4.69) is 19.2 Å². The molecule has 1 amide bonds. The summed E-state index contributed by atoms with van der Waals surface area (Å²) in [7, 11) is -3.91. The number of amides is 1. The van der Waals surface area contributed by atoms with Crippen molar-refractivity contribution in [3.05, 3.63) is 64.7 Å². The first-order valence-corrected chi connectivity index (χ1v) is 10.3. The Hall–Kier alpha value is -1.89. The molecular formula is C19H21ClN2O3S. The molecule has 2 aromatic carbocycles. The molecule has 1 fully saturated rings. The summed E-state index contributed by atoms with van der Waals surface area (Å²) in [6.07, 6.45) is 0. The highest BCUT2D eigenvalue weighted by atomic mass is 35.5. The molecule has 3 rings (SSSR count). The number of hydrogen-bond acceptors (Lipinski definition) is 3. The summed E-state index contributed by atoms with van der Waals surface area (Å²) in [5, 5.41) is 2.90. The topological polar surface area (TPSA) is 66.5 Å². The maximum atomic E-state index is 13.2. The third-order valence-electron chi connectivity index (χ3n) is 4.51. The number of nitrogens with one attached hydrogen (secondary N) is 1. The monoisotopic (exact) mass is 392 g/mol. The number of nitrogens with zero attached hydrogens (tertiary/aromatic N) is 1. The molecule has 0 bridgehead atoms. The second-order valence-corrected chi connectivity index (χ2v) is 8.83. The van der Waals surface area contributed by atoms with Gasteiger partial charge in [-0.15, -0.1) is 0 Å². The second-order valence-electron chi connectivity index (χ2n) is 6.56. The molecule has 1 heterocycles. The van der Waals surface area contributed by atoms with Crippen LogP contribution < -0.4 is 5.32 Å². The van der Waals surface area contributed by atoms with Gasteiger partial charge in [0, 0.05) is 13.1 Å². The lowest BCUT2D eigenvalue weighted by Crippen LogP contribution is -2.52. The van der Waals surface area contributed by atoms with Gasteiger partial charge >= 0.3 is 0 Å². The van der Waals surface area contributed by atoms with Gasteiger partial charge in [0.25, 0.3) is 0 Å². The van der Waals surface area contributed by atoms with E-state index in [4.69, 9.17) is 11.6 Å². The van der Waals surface area contributed by atoms with Gasteiger partial charge in [0.15, 0.2) is 0 Å². The SMILES string of the molecule is CC(C)c1ccc(C2C(=O)NCCN2S(=O)(=O)c2ccccc2Cl)cc1. The Kier molecular flexibility index (Phi) is 5.37. The van der Waals surface area contributed by atoms with Crippen molar-refractivity contribution in [1.82, 2.24) is 9.62 Å². The maximum absolute atomic E-state index is 13.2. The number of sulfonamides is 1. The van der Waals surface area contributed by atoms with Crippen molar-refractivity contribution in [2.45, 2.75) is 30.7 Å². The molecular weight excluding hydrogens is 372 g/mol. The highest BCUT2D eigenvalue weighted by Crippen LogP contribution is 2.33. The van der Waals surface area contributed by atoms with Crippen LogP contribution in [-0.2, 0) is 14.8 Å². The molecule has 7 heteroatoms. The molecule has 0 radical (unpaired) electrons. The molecule has 0 spiro atoms. The lowest BCUT2D eigenvalue weighted by atomic mass is 9.98. The molecule has 138 valence electrons. The minimum atomic E-state index is -3.91. The van der Waals surface area contributed by atoms with Crippen LogP contribution in [0.25, 0.3) is 0 Å². The second kappa shape index (κ2) is 7.39. The van der Waals surface area contributed by atoms with Crippen molar-refractivity contribution in [3.8, 4) is 0 Å². The van der Waals surface area contributed by atoms with Gasteiger partial charge in [-0.1, -0.05) is 61.8 Å². The van der Waals surface area contributed by atoms with Crippen molar-refractivity contribution >= 4 is 27.5 Å². The molecule has 1 unspecified atom stereocenters. The lowest BCUT2D eigenvalue weighted by molar-refractivity contribution is -0.126. The van der Waals surface area contributed by atoms with Crippen LogP contribution >= 0.6 is 11.6 Å². The predicted molar refractivity (Wildman–Crippen MR) is 102 cm³/mol. The maximum Gasteiger partial charge on any atom is 0.245 e. The van der Waals surface area contributed by atoms with Crippen molar-refractivity contribution in [3.63, 3.8) is 0 Å². The van der Waals surface area contributed by atoms with Crippen molar-refractivity contribution < 1.29 is 13.2 Å². The Morgan fingerprint density at radius 3 is 2.38 bits per heavy atom. The number of carbonyl (C=O) groups is 1. The normalized spacial score (nSPS) is 18.8. The summed E-state index contributed by atoms with van der Waals surface area (Å²) >= 11 is 6.11. The van der Waals surface area contributed by atoms with Crippen molar-refractivity contribution in [1.29, 1.82) is 0 Å². The molecule has 0 aliphatic carbocycles. The van der Waals surface area contributed by atoms with Gasteiger partial charge in [0.2, 0.25) is 15.9 Å². The van der Waals surface area contributed by atoms with Crippen LogP contribution in [0.2, 0.25) is 5.02 Å². The lowest BCUT2D eigenvalue weighted by Gasteiger charge is -2.34. The number of hydrogen-bond donors (Lipinski definition) is 1. The summed E-state index contributed by atoms with van der Waals surface area (Å²) in [5.41, 5.74) is 1.77. The van der Waals surface area contributed by atoms with E-state index in [1.165, 1.54) is 16.4 Å². The molecule has 26 heavy (non-hydrogen) atoms. The highest BCUT2D eigenvalue weighted by Gasteiger charge is 2.40. The van der Waals surface area contributed by atoms with E-state index in [9.17, 15) is 13.2 Å². The average molecular weight is 393 g/mol. The van der Waals surface area contributed by atoms with Crippen molar-refractivity contribution in [2.24, 2.45) is 0 Å². The first-order chi connectivity index (χ1) is 12.3. The van der Waals surface area contributed by atoms with E-state index >= 15 is 0 Å². The predicted octanol–water partition coefficient (Wildman–Crippen LogP) is 3.33. The first-order valence-electron chi connectivity index (χ1n) is 8.46. The summed E-state index contributed by atoms with van der Waals surface area (Å²) in [6, 6.07) is 12.9. The third-order valence-corrected chi connectivity index (χ3v) is 6.87. The molecule has 1 aliphatic heterocycles. The summed E-state index contributed by atoms with van der Waals surface area (Å²) in [4.78, 5) is 12.6. The Morgan fingerprint density at radius 1 is 1.12 bits per heavy atom. The molecule has 1 saturated heterocycles. The molecule has 1 N–H and O–H groups in total. The van der Waals surface area contributed by atoms with E-state index in [1.807, 2.05) is 24.3 Å². The van der Waals surface area contributed by atoms with E-state index in [0.29, 0.717) is 11.5 Å². The van der Waals surface area contributed by atoms with Gasteiger partial charge in [-0.05, 0) is 29.2 Å². The van der Waals surface area contributed by atoms with Gasteiger partial charge < -0.3 is 5.32 Å². The molecule has 5 nitrogen and oxygen atoms in total. The van der Waals surface area contributed by atoms with E-state index in [1.54, 1.807) is 12.1 Å². The minimum Gasteiger partial charge on any atom is -0.353 e. The number of carbonyl (C=O) groups excluding carboxylic acids is 1. The molecule has 0 saturated carbocycles. The van der Waals surface area contributed by atoms with Gasteiger partial charge in [-0.3, -0.25) is 4.79 Å². The Labute approximate surface area is 159 Å². The fraction of sp³-hybridized carbons (Fsp3) is 0.316. The smallest absolute Gasteiger partial charge is 0.245 e. The van der Waals surface area contributed by atoms with Crippen LogP contribution in [0.5, 0.6) is 0 Å². The van der Waals surface area contributed by atoms with Gasteiger partial charge in [0.05, 0.1) is 5.02 Å². The number of benzene rings is 2. The summed E-state index contributed by atoms with van der Waals surface area (Å²) in [6.45, 7) is 4.62. The zero-order chi connectivity index (χ0) is 18.9. The van der Waals surface area contributed by atoms with Gasteiger partial charge in [0.1, 0.15) is 10.9 Å². The molecule has 1 aliphatic rings. The fourth-order valence-corrected chi connectivity index (χ4v) is 5.14. The summed E-state index contributed by atoms with van der Waals surface area (Å²) < 4.78 is 27.6. The van der Waals surface area contributed by atoms with Crippen LogP contribution in [-0.4, -0.2) is 31.7 Å². The molecule has 1 atom stereocenters. The van der Waals surface area contributed by atoms with Crippen LogP contribution in [0.3, 0.4) is 0 Å². The molecule has 0 aromatic heterocycles. The van der Waals surface area contributed by atoms with Crippen molar-refractivity contribution in [2.75, 3.05) is 13.1 Å². The quantitative estimate of drug-likeness (QED) is 0.867. The van der Waals surface area contributed by atoms with E-state index < -0.39 is 16.1 Å². The first kappa shape index (κ1) is 18.9. The number of halogens is 1. The zero-order valence-corrected chi connectivity index (χ0v) is 16.2. The van der Waals surface area contributed by atoms with E-state index in [0.717, 1.165) is 5.56 Å². The van der Waals surface area contributed by atoms with Gasteiger partial charge in [-0.2, -0.15) is 4.31 Å². The van der Waals surface area contributed by atoms with Crippen LogP contribution in [0, 0.1) is 0 Å².